The number of carboxylic acids is 1. The van der Waals surface area contributed by atoms with Crippen LogP contribution in [-0.4, -0.2) is 17.0 Å². The van der Waals surface area contributed by atoms with Gasteiger partial charge in [-0.15, -0.1) is 0 Å². The van der Waals surface area contributed by atoms with E-state index in [4.69, 9.17) is 5.11 Å². The molecule has 0 aliphatic rings. The molecular formula is C15H19NO3. The van der Waals surface area contributed by atoms with Gasteiger partial charge in [0.05, 0.1) is 0 Å². The largest absolute Gasteiger partial charge is 0.478 e. The topological polar surface area (TPSA) is 66.4 Å². The summed E-state index contributed by atoms with van der Waals surface area (Å²) >= 11 is 0. The standard InChI is InChI=1S/C15H19NO3/c1-4-10(2)15(19)16-13-7-5-12(9-11(13)3)6-8-14(17)18/h5-10H,4H2,1-3H3,(H,16,19)(H,17,18)/b8-6+. The maximum atomic E-state index is 11.8. The molecule has 0 spiro atoms. The molecule has 1 aromatic rings. The van der Waals surface area contributed by atoms with E-state index in [0.29, 0.717) is 0 Å². The number of carboxylic acid groups (broad SMARTS) is 1. The third kappa shape index (κ3) is 4.58. The number of anilines is 1. The van der Waals surface area contributed by atoms with Crippen LogP contribution < -0.4 is 5.32 Å². The zero-order valence-corrected chi connectivity index (χ0v) is 11.4. The molecular weight excluding hydrogens is 242 g/mol. The Balaban J connectivity index is 2.83. The van der Waals surface area contributed by atoms with Crippen molar-refractivity contribution in [3.63, 3.8) is 0 Å². The van der Waals surface area contributed by atoms with Crippen LogP contribution in [0.1, 0.15) is 31.4 Å². The van der Waals surface area contributed by atoms with Crippen molar-refractivity contribution in [3.05, 3.63) is 35.4 Å². The lowest BCUT2D eigenvalue weighted by Crippen LogP contribution is -2.20. The highest BCUT2D eigenvalue weighted by Gasteiger charge is 2.11. The third-order valence-electron chi connectivity index (χ3n) is 2.99. The Morgan fingerprint density at radius 2 is 2.11 bits per heavy atom. The molecule has 1 rings (SSSR count). The number of hydrogen-bond acceptors (Lipinski definition) is 2. The van der Waals surface area contributed by atoms with E-state index in [1.54, 1.807) is 12.1 Å². The summed E-state index contributed by atoms with van der Waals surface area (Å²) < 4.78 is 0. The lowest BCUT2D eigenvalue weighted by atomic mass is 10.1. The average Bonchev–Trinajstić information content (AvgIpc) is 2.38. The lowest BCUT2D eigenvalue weighted by molar-refractivity contribution is -0.131. The van der Waals surface area contributed by atoms with E-state index in [2.05, 4.69) is 5.32 Å². The molecule has 0 fully saturated rings. The van der Waals surface area contributed by atoms with Crippen LogP contribution in [0, 0.1) is 12.8 Å². The molecule has 0 aliphatic heterocycles. The SMILES string of the molecule is CCC(C)C(=O)Nc1ccc(/C=C/C(=O)O)cc1C. The van der Waals surface area contributed by atoms with Crippen molar-refractivity contribution in [2.45, 2.75) is 27.2 Å². The van der Waals surface area contributed by atoms with E-state index in [0.717, 1.165) is 29.3 Å². The molecule has 0 saturated carbocycles. The molecule has 19 heavy (non-hydrogen) atoms. The van der Waals surface area contributed by atoms with Crippen LogP contribution in [0.15, 0.2) is 24.3 Å². The summed E-state index contributed by atoms with van der Waals surface area (Å²) in [4.78, 5) is 22.2. The van der Waals surface area contributed by atoms with E-state index in [1.165, 1.54) is 6.08 Å². The first kappa shape index (κ1) is 15.0. The van der Waals surface area contributed by atoms with E-state index in [-0.39, 0.29) is 11.8 Å². The van der Waals surface area contributed by atoms with Crippen LogP contribution in [-0.2, 0) is 9.59 Å². The van der Waals surface area contributed by atoms with E-state index < -0.39 is 5.97 Å². The summed E-state index contributed by atoms with van der Waals surface area (Å²) in [7, 11) is 0. The highest BCUT2D eigenvalue weighted by Crippen LogP contribution is 2.18. The Bertz CT molecular complexity index is 506. The lowest BCUT2D eigenvalue weighted by Gasteiger charge is -2.12. The number of amides is 1. The minimum Gasteiger partial charge on any atom is -0.478 e. The van der Waals surface area contributed by atoms with Gasteiger partial charge in [-0.25, -0.2) is 4.79 Å². The van der Waals surface area contributed by atoms with Crippen LogP contribution >= 0.6 is 0 Å². The summed E-state index contributed by atoms with van der Waals surface area (Å²) in [5.41, 5.74) is 2.46. The minimum atomic E-state index is -0.980. The quantitative estimate of drug-likeness (QED) is 0.800. The Hall–Kier alpha value is -2.10. The Kier molecular flexibility index (Phi) is 5.30. The number of aliphatic carboxylic acids is 1. The zero-order valence-electron chi connectivity index (χ0n) is 11.4. The maximum Gasteiger partial charge on any atom is 0.328 e. The van der Waals surface area contributed by atoms with Crippen molar-refractivity contribution < 1.29 is 14.7 Å². The van der Waals surface area contributed by atoms with Crippen molar-refractivity contribution in [2.75, 3.05) is 5.32 Å². The summed E-state index contributed by atoms with van der Waals surface area (Å²) in [6.07, 6.45) is 3.41. The first-order chi connectivity index (χ1) is 8.93. The second-order valence-corrected chi connectivity index (χ2v) is 4.54. The normalized spacial score (nSPS) is 12.4. The van der Waals surface area contributed by atoms with Crippen LogP contribution in [0.4, 0.5) is 5.69 Å². The number of rotatable bonds is 5. The molecule has 2 N–H and O–H groups in total. The predicted octanol–water partition coefficient (Wildman–Crippen LogP) is 3.08. The van der Waals surface area contributed by atoms with Gasteiger partial charge < -0.3 is 10.4 Å². The Labute approximate surface area is 113 Å². The van der Waals surface area contributed by atoms with Gasteiger partial charge in [0.1, 0.15) is 0 Å². The van der Waals surface area contributed by atoms with Gasteiger partial charge in [0.15, 0.2) is 0 Å². The fourth-order valence-electron chi connectivity index (χ4n) is 1.54. The second-order valence-electron chi connectivity index (χ2n) is 4.54. The van der Waals surface area contributed by atoms with Gasteiger partial charge in [0.25, 0.3) is 0 Å². The van der Waals surface area contributed by atoms with Crippen LogP contribution in [0.5, 0.6) is 0 Å². The number of nitrogens with one attached hydrogen (secondary N) is 1. The number of benzene rings is 1. The molecule has 0 heterocycles. The molecule has 4 nitrogen and oxygen atoms in total. The average molecular weight is 261 g/mol. The van der Waals surface area contributed by atoms with E-state index >= 15 is 0 Å². The molecule has 1 aromatic carbocycles. The smallest absolute Gasteiger partial charge is 0.328 e. The number of carbonyl (C=O) groups excluding carboxylic acids is 1. The second kappa shape index (κ2) is 6.73. The highest BCUT2D eigenvalue weighted by atomic mass is 16.4. The fourth-order valence-corrected chi connectivity index (χ4v) is 1.54. The van der Waals surface area contributed by atoms with Crippen molar-refractivity contribution >= 4 is 23.6 Å². The van der Waals surface area contributed by atoms with Gasteiger partial charge in [0, 0.05) is 17.7 Å². The molecule has 1 amide bonds. The number of carbonyl (C=O) groups is 2. The molecule has 102 valence electrons. The minimum absolute atomic E-state index is 0.000530. The van der Waals surface area contributed by atoms with Crippen LogP contribution in [0.3, 0.4) is 0 Å². The molecule has 1 atom stereocenters. The molecule has 0 radical (unpaired) electrons. The maximum absolute atomic E-state index is 11.8. The molecule has 0 bridgehead atoms. The van der Waals surface area contributed by atoms with Gasteiger partial charge in [0.2, 0.25) is 5.91 Å². The van der Waals surface area contributed by atoms with Crippen LogP contribution in [0.2, 0.25) is 0 Å². The van der Waals surface area contributed by atoms with E-state index in [9.17, 15) is 9.59 Å². The first-order valence-electron chi connectivity index (χ1n) is 6.26. The molecule has 4 heteroatoms. The summed E-state index contributed by atoms with van der Waals surface area (Å²) in [5, 5.41) is 11.4. The molecule has 0 aromatic heterocycles. The van der Waals surface area contributed by atoms with Gasteiger partial charge in [-0.2, -0.15) is 0 Å². The van der Waals surface area contributed by atoms with Crippen molar-refractivity contribution in [2.24, 2.45) is 5.92 Å². The third-order valence-corrected chi connectivity index (χ3v) is 2.99. The van der Waals surface area contributed by atoms with Gasteiger partial charge in [-0.3, -0.25) is 4.79 Å². The van der Waals surface area contributed by atoms with Gasteiger partial charge in [-0.1, -0.05) is 19.9 Å². The zero-order chi connectivity index (χ0) is 14.4. The Morgan fingerprint density at radius 3 is 2.63 bits per heavy atom. The van der Waals surface area contributed by atoms with Crippen molar-refractivity contribution in [1.82, 2.24) is 0 Å². The number of aryl methyl sites for hydroxylation is 1. The first-order valence-corrected chi connectivity index (χ1v) is 6.26. The Morgan fingerprint density at radius 1 is 1.42 bits per heavy atom. The summed E-state index contributed by atoms with van der Waals surface area (Å²) in [6.45, 7) is 5.73. The summed E-state index contributed by atoms with van der Waals surface area (Å²) in [5.74, 6) is -1.00. The van der Waals surface area contributed by atoms with E-state index in [1.807, 2.05) is 26.8 Å². The van der Waals surface area contributed by atoms with Crippen LogP contribution in [0.25, 0.3) is 6.08 Å². The molecule has 1 unspecified atom stereocenters. The van der Waals surface area contributed by atoms with Crippen molar-refractivity contribution in [1.29, 1.82) is 0 Å². The summed E-state index contributed by atoms with van der Waals surface area (Å²) in [6, 6.07) is 5.40. The highest BCUT2D eigenvalue weighted by molar-refractivity contribution is 5.93. The fraction of sp³-hybridized carbons (Fsp3) is 0.333. The van der Waals surface area contributed by atoms with Gasteiger partial charge in [-0.05, 0) is 42.7 Å². The number of hydrogen-bond donors (Lipinski definition) is 2. The molecule has 0 saturated heterocycles. The molecule has 0 aliphatic carbocycles. The monoisotopic (exact) mass is 261 g/mol. The predicted molar refractivity (Wildman–Crippen MR) is 75.9 cm³/mol. The van der Waals surface area contributed by atoms with Crippen molar-refractivity contribution in [3.8, 4) is 0 Å². The van der Waals surface area contributed by atoms with Gasteiger partial charge >= 0.3 is 5.97 Å².